The molecule has 1 aromatic heterocycles. The predicted octanol–water partition coefficient (Wildman–Crippen LogP) is -0.557. The minimum Gasteiger partial charge on any atom is -0.508 e. The largest absolute Gasteiger partial charge is 0.508 e. The van der Waals surface area contributed by atoms with Crippen LogP contribution in [0.2, 0.25) is 0 Å². The molecule has 3 amide bonds. The number of rotatable bonds is 18. The first-order valence-corrected chi connectivity index (χ1v) is 14.8. The molecule has 0 spiro atoms. The van der Waals surface area contributed by atoms with Crippen molar-refractivity contribution in [1.29, 1.82) is 0 Å². The number of aromatic hydroxyl groups is 1. The summed E-state index contributed by atoms with van der Waals surface area (Å²) in [5.74, 6) is -5.14. The maximum absolute atomic E-state index is 13.6. The molecular weight excluding hydrogens is 612 g/mol. The van der Waals surface area contributed by atoms with Crippen molar-refractivity contribution in [3.8, 4) is 5.75 Å². The number of hydrogen-bond acceptors (Lipinski definition) is 8. The number of phenols is 1. The molecule has 4 unspecified atom stereocenters. The first-order valence-electron chi connectivity index (χ1n) is 14.8. The number of phenolic OH excluding ortho intramolecular Hbond substituents is 1. The molecule has 0 saturated heterocycles. The second-order valence-electron chi connectivity index (χ2n) is 10.9. The van der Waals surface area contributed by atoms with Crippen molar-refractivity contribution in [2.45, 2.75) is 62.7 Å². The van der Waals surface area contributed by atoms with Gasteiger partial charge in [0.05, 0.1) is 6.04 Å². The molecule has 1 heterocycles. The van der Waals surface area contributed by atoms with E-state index in [1.165, 1.54) is 24.3 Å². The molecule has 0 aliphatic carbocycles. The van der Waals surface area contributed by atoms with E-state index < -0.39 is 60.2 Å². The Bertz CT molecular complexity index is 1590. The molecule has 4 atom stereocenters. The number of benzene rings is 2. The van der Waals surface area contributed by atoms with Gasteiger partial charge in [-0.2, -0.15) is 0 Å². The highest BCUT2D eigenvalue weighted by Gasteiger charge is 2.31. The standard InChI is InChI=1S/C31H40N8O8/c32-21(5-3-13-35-31(33)34)27(43)38-24(14-17-7-9-19(40)10-8-17)29(45)37-23(11-12-26(41)42)28(44)39-25(30(46)47)15-18-16-36-22-6-2-1-4-20(18)22/h1-2,4,6-10,16,21,23-25,36,40H,3,5,11-15,32H2,(H,37,45)(H,38,43)(H,39,44)(H,41,42)(H,46,47)(H4,33,34,35). The number of amides is 3. The fourth-order valence-corrected chi connectivity index (χ4v) is 4.81. The normalized spacial score (nSPS) is 13.5. The molecule has 2 aromatic carbocycles. The van der Waals surface area contributed by atoms with Crippen LogP contribution in [-0.2, 0) is 36.8 Å². The molecule has 0 bridgehead atoms. The van der Waals surface area contributed by atoms with Crippen LogP contribution in [0.15, 0.2) is 59.7 Å². The van der Waals surface area contributed by atoms with E-state index >= 15 is 0 Å². The van der Waals surface area contributed by atoms with Crippen molar-refractivity contribution in [1.82, 2.24) is 20.9 Å². The highest BCUT2D eigenvalue weighted by atomic mass is 16.4. The summed E-state index contributed by atoms with van der Waals surface area (Å²) >= 11 is 0. The lowest BCUT2D eigenvalue weighted by atomic mass is 10.0. The highest BCUT2D eigenvalue weighted by Crippen LogP contribution is 2.19. The molecule has 3 rings (SSSR count). The topological polar surface area (TPSA) is 288 Å². The van der Waals surface area contributed by atoms with Crippen LogP contribution in [0.4, 0.5) is 0 Å². The van der Waals surface area contributed by atoms with Gasteiger partial charge in [0.15, 0.2) is 5.96 Å². The zero-order chi connectivity index (χ0) is 34.5. The molecule has 0 radical (unpaired) electrons. The molecule has 252 valence electrons. The van der Waals surface area contributed by atoms with Gasteiger partial charge in [0.1, 0.15) is 23.9 Å². The number of nitrogens with one attached hydrogen (secondary N) is 4. The van der Waals surface area contributed by atoms with E-state index in [9.17, 15) is 39.3 Å². The summed E-state index contributed by atoms with van der Waals surface area (Å²) < 4.78 is 0. The number of carbonyl (C=O) groups is 5. The maximum atomic E-state index is 13.6. The Hall–Kier alpha value is -5.64. The minimum absolute atomic E-state index is 0.0207. The van der Waals surface area contributed by atoms with Gasteiger partial charge >= 0.3 is 11.9 Å². The number of nitrogens with zero attached hydrogens (tertiary/aromatic N) is 1. The average Bonchev–Trinajstić information content (AvgIpc) is 3.43. The van der Waals surface area contributed by atoms with Gasteiger partial charge in [-0.05, 0) is 48.6 Å². The number of aliphatic imine (C=N–C) groups is 1. The summed E-state index contributed by atoms with van der Waals surface area (Å²) in [6.07, 6.45) is 1.15. The van der Waals surface area contributed by atoms with Gasteiger partial charge in [0.25, 0.3) is 0 Å². The fraction of sp³-hybridized carbons (Fsp3) is 0.355. The van der Waals surface area contributed by atoms with Crippen molar-refractivity contribution in [3.63, 3.8) is 0 Å². The van der Waals surface area contributed by atoms with Crippen molar-refractivity contribution in [3.05, 3.63) is 65.9 Å². The average molecular weight is 653 g/mol. The molecule has 0 aliphatic rings. The predicted molar refractivity (Wildman–Crippen MR) is 172 cm³/mol. The van der Waals surface area contributed by atoms with Crippen molar-refractivity contribution in [2.75, 3.05) is 6.54 Å². The van der Waals surface area contributed by atoms with Gasteiger partial charge in [-0.25, -0.2) is 4.79 Å². The van der Waals surface area contributed by atoms with E-state index in [1.54, 1.807) is 18.3 Å². The third kappa shape index (κ3) is 11.3. The molecular formula is C31H40N8O8. The summed E-state index contributed by atoms with van der Waals surface area (Å²) in [7, 11) is 0. The number of carbonyl (C=O) groups excluding carboxylic acids is 3. The second-order valence-corrected chi connectivity index (χ2v) is 10.9. The van der Waals surface area contributed by atoms with E-state index in [1.807, 2.05) is 12.1 Å². The zero-order valence-corrected chi connectivity index (χ0v) is 25.5. The Morgan fingerprint density at radius 3 is 2.11 bits per heavy atom. The van der Waals surface area contributed by atoms with Gasteiger partial charge in [0, 0.05) is 42.9 Å². The molecule has 0 aliphatic heterocycles. The number of para-hydroxylation sites is 1. The quantitative estimate of drug-likeness (QED) is 0.0472. The SMILES string of the molecule is NC(N)=NCCCC(N)C(=O)NC(Cc1ccc(O)cc1)C(=O)NC(CCC(=O)O)C(=O)NC(Cc1c[nH]c2ccccc12)C(=O)O. The molecule has 47 heavy (non-hydrogen) atoms. The number of guanidine groups is 1. The Morgan fingerprint density at radius 2 is 1.45 bits per heavy atom. The lowest BCUT2D eigenvalue weighted by molar-refractivity contribution is -0.143. The van der Waals surface area contributed by atoms with Crippen LogP contribution in [0.1, 0.15) is 36.8 Å². The van der Waals surface area contributed by atoms with Crippen LogP contribution >= 0.6 is 0 Å². The van der Waals surface area contributed by atoms with Crippen LogP contribution < -0.4 is 33.2 Å². The van der Waals surface area contributed by atoms with Gasteiger partial charge in [-0.1, -0.05) is 30.3 Å². The Morgan fingerprint density at radius 1 is 0.809 bits per heavy atom. The van der Waals surface area contributed by atoms with Crippen LogP contribution in [0.25, 0.3) is 10.9 Å². The van der Waals surface area contributed by atoms with Gasteiger partial charge in [-0.15, -0.1) is 0 Å². The van der Waals surface area contributed by atoms with Crippen molar-refractivity contribution < 1.29 is 39.3 Å². The number of nitrogens with two attached hydrogens (primary N) is 3. The third-order valence-electron chi connectivity index (χ3n) is 7.31. The summed E-state index contributed by atoms with van der Waals surface area (Å²) in [6, 6.07) is 7.90. The maximum Gasteiger partial charge on any atom is 0.326 e. The van der Waals surface area contributed by atoms with E-state index in [4.69, 9.17) is 17.2 Å². The highest BCUT2D eigenvalue weighted by molar-refractivity contribution is 5.94. The summed E-state index contributed by atoms with van der Waals surface area (Å²) in [6.45, 7) is 0.235. The number of aliphatic carboxylic acids is 2. The number of carboxylic acid groups (broad SMARTS) is 2. The van der Waals surface area contributed by atoms with Crippen LogP contribution in [0.5, 0.6) is 5.75 Å². The Labute approximate surface area is 269 Å². The molecule has 16 nitrogen and oxygen atoms in total. The van der Waals surface area contributed by atoms with Crippen molar-refractivity contribution >= 4 is 46.5 Å². The van der Waals surface area contributed by atoms with E-state index in [2.05, 4.69) is 25.9 Å². The fourth-order valence-electron chi connectivity index (χ4n) is 4.81. The summed E-state index contributed by atoms with van der Waals surface area (Å²) in [4.78, 5) is 70.4. The number of carboxylic acids is 2. The number of H-pyrrole nitrogens is 1. The lowest BCUT2D eigenvalue weighted by Crippen LogP contribution is -2.57. The number of hydrogen-bond donors (Lipinski definition) is 10. The Kier molecular flexibility index (Phi) is 13.1. The zero-order valence-electron chi connectivity index (χ0n) is 25.5. The number of aromatic amines is 1. The summed E-state index contributed by atoms with van der Waals surface area (Å²) in [5, 5.41) is 37.1. The smallest absolute Gasteiger partial charge is 0.326 e. The molecule has 0 fully saturated rings. The minimum atomic E-state index is -1.46. The van der Waals surface area contributed by atoms with Crippen molar-refractivity contribution in [2.24, 2.45) is 22.2 Å². The molecule has 0 saturated carbocycles. The number of fused-ring (bicyclic) bond motifs is 1. The van der Waals surface area contributed by atoms with E-state index in [-0.39, 0.29) is 43.9 Å². The third-order valence-corrected chi connectivity index (χ3v) is 7.31. The first-order chi connectivity index (χ1) is 22.3. The van der Waals surface area contributed by atoms with E-state index in [0.717, 1.165) is 10.9 Å². The first kappa shape index (κ1) is 35.8. The van der Waals surface area contributed by atoms with Crippen LogP contribution in [0, 0.1) is 0 Å². The Balaban J connectivity index is 1.78. The van der Waals surface area contributed by atoms with Gasteiger partial charge in [0.2, 0.25) is 17.7 Å². The number of aromatic nitrogens is 1. The molecule has 3 aromatic rings. The lowest BCUT2D eigenvalue weighted by Gasteiger charge is -2.25. The van der Waals surface area contributed by atoms with Crippen LogP contribution in [-0.4, -0.2) is 86.6 Å². The van der Waals surface area contributed by atoms with E-state index in [0.29, 0.717) is 17.5 Å². The monoisotopic (exact) mass is 652 g/mol. The molecule has 13 N–H and O–H groups in total. The molecule has 16 heteroatoms. The second kappa shape index (κ2) is 17.2. The van der Waals surface area contributed by atoms with Gasteiger partial charge in [-0.3, -0.25) is 24.2 Å². The van der Waals surface area contributed by atoms with Crippen LogP contribution in [0.3, 0.4) is 0 Å². The summed E-state index contributed by atoms with van der Waals surface area (Å²) in [5.41, 5.74) is 18.6. The van der Waals surface area contributed by atoms with Gasteiger partial charge < -0.3 is 53.5 Å².